The van der Waals surface area contributed by atoms with Gasteiger partial charge in [-0.3, -0.25) is 0 Å². The topological polar surface area (TPSA) is 61.8 Å². The Labute approximate surface area is 114 Å². The van der Waals surface area contributed by atoms with Crippen LogP contribution in [0.4, 0.5) is 13.2 Å². The summed E-state index contributed by atoms with van der Waals surface area (Å²) >= 11 is 0. The molecule has 0 saturated carbocycles. The van der Waals surface area contributed by atoms with E-state index in [9.17, 15) is 21.6 Å². The highest BCUT2D eigenvalue weighted by Crippen LogP contribution is 2.32. The second-order valence-corrected chi connectivity index (χ2v) is 5.03. The summed E-state index contributed by atoms with van der Waals surface area (Å²) in [6.45, 7) is 3.84. The van der Waals surface area contributed by atoms with Crippen molar-refractivity contribution < 1.29 is 35.2 Å². The largest absolute Gasteiger partial charge is 0.534 e. The molecule has 1 aromatic rings. The number of alkyl halides is 3. The number of hydrogen-bond donors (Lipinski definition) is 0. The van der Waals surface area contributed by atoms with Crippen molar-refractivity contribution in [3.05, 3.63) is 18.2 Å². The van der Waals surface area contributed by atoms with Crippen LogP contribution in [0, 0.1) is 0 Å². The first-order chi connectivity index (χ1) is 9.19. The highest BCUT2D eigenvalue weighted by molar-refractivity contribution is 7.88. The van der Waals surface area contributed by atoms with Crippen LogP contribution in [0.25, 0.3) is 0 Å². The summed E-state index contributed by atoms with van der Waals surface area (Å²) in [5, 5.41) is 0. The minimum atomic E-state index is -5.73. The number of benzene rings is 1. The monoisotopic (exact) mass is 314 g/mol. The lowest BCUT2D eigenvalue weighted by molar-refractivity contribution is -0.0500. The zero-order valence-electron chi connectivity index (χ0n) is 10.7. The van der Waals surface area contributed by atoms with Crippen LogP contribution in [-0.2, 0) is 10.1 Å². The molecule has 5 nitrogen and oxygen atoms in total. The summed E-state index contributed by atoms with van der Waals surface area (Å²) in [4.78, 5) is 0. The molecular weight excluding hydrogens is 301 g/mol. The maximum Gasteiger partial charge on any atom is 0.534 e. The van der Waals surface area contributed by atoms with Gasteiger partial charge < -0.3 is 13.7 Å². The third-order valence-corrected chi connectivity index (χ3v) is 2.94. The first-order valence-electron chi connectivity index (χ1n) is 5.61. The number of halogens is 3. The van der Waals surface area contributed by atoms with Crippen LogP contribution in [0.3, 0.4) is 0 Å². The van der Waals surface area contributed by atoms with Crippen molar-refractivity contribution in [1.82, 2.24) is 0 Å². The molecular formula is C11H13F3O5S. The van der Waals surface area contributed by atoms with Crippen LogP contribution in [-0.4, -0.2) is 27.1 Å². The maximum atomic E-state index is 12.2. The lowest BCUT2D eigenvalue weighted by Gasteiger charge is -2.12. The lowest BCUT2D eigenvalue weighted by atomic mass is 10.3. The summed E-state index contributed by atoms with van der Waals surface area (Å²) in [7, 11) is -5.73. The van der Waals surface area contributed by atoms with Crippen molar-refractivity contribution in [2.24, 2.45) is 0 Å². The first-order valence-corrected chi connectivity index (χ1v) is 7.02. The zero-order chi connectivity index (χ0) is 15.4. The lowest BCUT2D eigenvalue weighted by Crippen LogP contribution is -2.28. The van der Waals surface area contributed by atoms with Crippen LogP contribution in [0.1, 0.15) is 13.8 Å². The summed E-state index contributed by atoms with van der Waals surface area (Å²) in [5.74, 6) is -0.242. The van der Waals surface area contributed by atoms with Gasteiger partial charge in [-0.1, -0.05) is 0 Å². The SMILES string of the molecule is CCOc1cc(OCC)cc(OS(=O)(=O)C(F)(F)F)c1. The third kappa shape index (κ3) is 4.19. The van der Waals surface area contributed by atoms with Gasteiger partial charge in [-0.25, -0.2) is 0 Å². The van der Waals surface area contributed by atoms with Crippen molar-refractivity contribution in [2.45, 2.75) is 19.4 Å². The van der Waals surface area contributed by atoms with Crippen LogP contribution in [0.15, 0.2) is 18.2 Å². The number of ether oxygens (including phenoxy) is 2. The molecule has 0 amide bonds. The van der Waals surface area contributed by atoms with Crippen LogP contribution >= 0.6 is 0 Å². The molecule has 1 aromatic carbocycles. The van der Waals surface area contributed by atoms with Gasteiger partial charge in [0.1, 0.15) is 17.2 Å². The molecule has 0 radical (unpaired) electrons. The minimum Gasteiger partial charge on any atom is -0.494 e. The summed E-state index contributed by atoms with van der Waals surface area (Å²) < 4.78 is 72.8. The Morgan fingerprint density at radius 3 is 1.70 bits per heavy atom. The standard InChI is InChI=1S/C11H13F3O5S/c1-3-17-8-5-9(18-4-2)7-10(6-8)19-20(15,16)11(12,13)14/h5-7H,3-4H2,1-2H3. The molecule has 0 aliphatic heterocycles. The molecule has 9 heteroatoms. The summed E-state index contributed by atoms with van der Waals surface area (Å²) in [6.07, 6.45) is 0. The fourth-order valence-electron chi connectivity index (χ4n) is 1.27. The maximum absolute atomic E-state index is 12.2. The highest BCUT2D eigenvalue weighted by atomic mass is 32.2. The van der Waals surface area contributed by atoms with Crippen molar-refractivity contribution in [3.63, 3.8) is 0 Å². The molecule has 0 N–H and O–H groups in total. The molecule has 0 spiro atoms. The van der Waals surface area contributed by atoms with E-state index in [4.69, 9.17) is 9.47 Å². The first kappa shape index (κ1) is 16.4. The van der Waals surface area contributed by atoms with Crippen molar-refractivity contribution in [3.8, 4) is 17.2 Å². The Balaban J connectivity index is 3.11. The van der Waals surface area contributed by atoms with Gasteiger partial charge in [0, 0.05) is 18.2 Å². The average molecular weight is 314 g/mol. The predicted molar refractivity (Wildman–Crippen MR) is 64.4 cm³/mol. The fraction of sp³-hybridized carbons (Fsp3) is 0.455. The average Bonchev–Trinajstić information content (AvgIpc) is 2.27. The van der Waals surface area contributed by atoms with E-state index in [2.05, 4.69) is 4.18 Å². The highest BCUT2D eigenvalue weighted by Gasteiger charge is 2.48. The van der Waals surface area contributed by atoms with E-state index in [0.717, 1.165) is 12.1 Å². The molecule has 114 valence electrons. The smallest absolute Gasteiger partial charge is 0.494 e. The predicted octanol–water partition coefficient (Wildman–Crippen LogP) is 2.71. The minimum absolute atomic E-state index is 0.144. The van der Waals surface area contributed by atoms with Gasteiger partial charge in [-0.15, -0.1) is 0 Å². The van der Waals surface area contributed by atoms with E-state index in [0.29, 0.717) is 0 Å². The van der Waals surface area contributed by atoms with Gasteiger partial charge in [0.15, 0.2) is 0 Å². The molecule has 0 unspecified atom stereocenters. The van der Waals surface area contributed by atoms with E-state index < -0.39 is 21.4 Å². The molecule has 0 aliphatic rings. The van der Waals surface area contributed by atoms with Gasteiger partial charge in [-0.05, 0) is 13.8 Å². The molecule has 0 aliphatic carbocycles. The Bertz CT molecular complexity index is 529. The normalized spacial score (nSPS) is 12.1. The van der Waals surface area contributed by atoms with Crippen molar-refractivity contribution >= 4 is 10.1 Å². The third-order valence-electron chi connectivity index (χ3n) is 1.96. The molecule has 1 rings (SSSR count). The Kier molecular flexibility index (Phi) is 5.09. The molecule has 20 heavy (non-hydrogen) atoms. The second kappa shape index (κ2) is 6.21. The second-order valence-electron chi connectivity index (χ2n) is 3.49. The van der Waals surface area contributed by atoms with E-state index in [-0.39, 0.29) is 24.7 Å². The van der Waals surface area contributed by atoms with E-state index in [1.807, 2.05) is 0 Å². The molecule has 0 bridgehead atoms. The molecule has 0 atom stereocenters. The van der Waals surface area contributed by atoms with E-state index in [1.54, 1.807) is 13.8 Å². The quantitative estimate of drug-likeness (QED) is 0.597. The molecule has 0 fully saturated rings. The molecule has 0 saturated heterocycles. The van der Waals surface area contributed by atoms with E-state index in [1.165, 1.54) is 6.07 Å². The number of hydrogen-bond acceptors (Lipinski definition) is 5. The summed E-state index contributed by atoms with van der Waals surface area (Å²) in [5.41, 5.74) is -5.50. The Morgan fingerprint density at radius 1 is 0.950 bits per heavy atom. The van der Waals surface area contributed by atoms with Gasteiger partial charge in [0.2, 0.25) is 0 Å². The van der Waals surface area contributed by atoms with Gasteiger partial charge >= 0.3 is 15.6 Å². The zero-order valence-corrected chi connectivity index (χ0v) is 11.5. The fourth-order valence-corrected chi connectivity index (χ4v) is 1.71. The van der Waals surface area contributed by atoms with Crippen LogP contribution in [0.5, 0.6) is 17.2 Å². The Hall–Kier alpha value is -1.64. The number of rotatable bonds is 6. The van der Waals surface area contributed by atoms with Gasteiger partial charge in [0.05, 0.1) is 13.2 Å². The molecule has 0 aromatic heterocycles. The van der Waals surface area contributed by atoms with Crippen molar-refractivity contribution in [2.75, 3.05) is 13.2 Å². The van der Waals surface area contributed by atoms with Crippen LogP contribution in [0.2, 0.25) is 0 Å². The van der Waals surface area contributed by atoms with Crippen molar-refractivity contribution in [1.29, 1.82) is 0 Å². The Morgan fingerprint density at radius 2 is 1.35 bits per heavy atom. The van der Waals surface area contributed by atoms with E-state index >= 15 is 0 Å². The summed E-state index contributed by atoms with van der Waals surface area (Å²) in [6, 6.07) is 3.49. The van der Waals surface area contributed by atoms with Gasteiger partial charge in [0.25, 0.3) is 0 Å². The molecule has 0 heterocycles. The van der Waals surface area contributed by atoms with Gasteiger partial charge in [-0.2, -0.15) is 21.6 Å². The van der Waals surface area contributed by atoms with Crippen LogP contribution < -0.4 is 13.7 Å².